The van der Waals surface area contributed by atoms with Crippen LogP contribution in [0.2, 0.25) is 0 Å². The Hall–Kier alpha value is -1.98. The minimum atomic E-state index is -1.24. The van der Waals surface area contributed by atoms with E-state index in [0.29, 0.717) is 0 Å². The molecule has 0 aromatic heterocycles. The molecular weight excluding hydrogens is 205 g/mol. The number of hydrogen-bond donors (Lipinski definition) is 1. The molecule has 0 amide bonds. The van der Waals surface area contributed by atoms with Crippen molar-refractivity contribution in [1.82, 2.24) is 0 Å². The Labute approximate surface area is 84.3 Å². The molecule has 0 heterocycles. The van der Waals surface area contributed by atoms with E-state index in [9.17, 15) is 19.3 Å². The Bertz CT molecular complexity index is 430. The van der Waals surface area contributed by atoms with E-state index in [0.717, 1.165) is 12.1 Å². The van der Waals surface area contributed by atoms with Crippen molar-refractivity contribution in [2.45, 2.75) is 13.3 Å². The fourth-order valence-electron chi connectivity index (χ4n) is 1.15. The number of nitrogens with zero attached hydrogens (tertiary/aromatic N) is 1. The summed E-state index contributed by atoms with van der Waals surface area (Å²) >= 11 is 0. The van der Waals surface area contributed by atoms with Crippen LogP contribution in [0.5, 0.6) is 5.75 Å². The van der Waals surface area contributed by atoms with Gasteiger partial charge in [0.25, 0.3) is 5.69 Å². The first kappa shape index (κ1) is 11.1. The third kappa shape index (κ3) is 1.93. The van der Waals surface area contributed by atoms with Crippen molar-refractivity contribution in [3.05, 3.63) is 33.6 Å². The lowest BCUT2D eigenvalue weighted by Gasteiger charge is -2.03. The molecule has 0 bridgehead atoms. The molecule has 1 aromatic carbocycles. The molecule has 0 aliphatic heterocycles. The number of benzene rings is 1. The number of rotatable bonds is 3. The van der Waals surface area contributed by atoms with Crippen LogP contribution in [0.25, 0.3) is 0 Å². The molecule has 5 nitrogen and oxygen atoms in total. The molecule has 80 valence electrons. The lowest BCUT2D eigenvalue weighted by Crippen LogP contribution is -2.05. The molecule has 0 atom stereocenters. The largest absolute Gasteiger partial charge is 0.505 e. The number of nitro groups is 1. The first-order chi connectivity index (χ1) is 6.99. The topological polar surface area (TPSA) is 80.4 Å². The third-order valence-electron chi connectivity index (χ3n) is 1.90. The van der Waals surface area contributed by atoms with Gasteiger partial charge in [-0.2, -0.15) is 0 Å². The molecule has 0 aliphatic carbocycles. The Balaban J connectivity index is 3.48. The smallest absolute Gasteiger partial charge is 0.283 e. The van der Waals surface area contributed by atoms with E-state index in [1.54, 1.807) is 0 Å². The lowest BCUT2D eigenvalue weighted by atomic mass is 10.1. The maximum Gasteiger partial charge on any atom is 0.283 e. The zero-order valence-corrected chi connectivity index (χ0v) is 7.86. The van der Waals surface area contributed by atoms with E-state index in [-0.39, 0.29) is 6.42 Å². The van der Waals surface area contributed by atoms with Gasteiger partial charge in [0.2, 0.25) is 0 Å². The molecule has 1 aromatic rings. The summed E-state index contributed by atoms with van der Waals surface area (Å²) in [5, 5.41) is 19.5. The Morgan fingerprint density at radius 2 is 2.20 bits per heavy atom. The highest BCUT2D eigenvalue weighted by Gasteiger charge is 2.25. The van der Waals surface area contributed by atoms with Gasteiger partial charge in [-0.1, -0.05) is 6.92 Å². The van der Waals surface area contributed by atoms with Gasteiger partial charge >= 0.3 is 0 Å². The first-order valence-electron chi connectivity index (χ1n) is 4.18. The summed E-state index contributed by atoms with van der Waals surface area (Å²) in [5.74, 6) is -2.72. The van der Waals surface area contributed by atoms with Gasteiger partial charge in [0, 0.05) is 12.5 Å². The van der Waals surface area contributed by atoms with Crippen molar-refractivity contribution in [3.63, 3.8) is 0 Å². The fourth-order valence-corrected chi connectivity index (χ4v) is 1.15. The van der Waals surface area contributed by atoms with Crippen molar-refractivity contribution < 1.29 is 19.2 Å². The second-order valence-electron chi connectivity index (χ2n) is 2.83. The van der Waals surface area contributed by atoms with E-state index in [1.807, 2.05) is 0 Å². The highest BCUT2D eigenvalue weighted by molar-refractivity contribution is 6.00. The number of carbonyl (C=O) groups excluding carboxylic acids is 1. The number of ketones is 1. The molecule has 0 unspecified atom stereocenters. The van der Waals surface area contributed by atoms with Gasteiger partial charge in [0.05, 0.1) is 4.92 Å². The van der Waals surface area contributed by atoms with Crippen LogP contribution in [0, 0.1) is 15.9 Å². The second kappa shape index (κ2) is 4.04. The van der Waals surface area contributed by atoms with Crippen LogP contribution < -0.4 is 0 Å². The minimum absolute atomic E-state index is 0.0682. The summed E-state index contributed by atoms with van der Waals surface area (Å²) in [6, 6.07) is 1.75. The van der Waals surface area contributed by atoms with Crippen LogP contribution in [0.1, 0.15) is 23.7 Å². The predicted molar refractivity (Wildman–Crippen MR) is 49.3 cm³/mol. The standard InChI is InChI=1S/C9H8FNO4/c1-2-6(12)8-5(11(14)15)3-4-7(13)9(8)10/h3-4,13H,2H2,1H3. The summed E-state index contributed by atoms with van der Waals surface area (Å²) < 4.78 is 13.3. The monoisotopic (exact) mass is 213 g/mol. The van der Waals surface area contributed by atoms with E-state index in [1.165, 1.54) is 6.92 Å². The number of aromatic hydroxyl groups is 1. The number of Topliss-reactive ketones (excluding diaryl/α,β-unsaturated/α-hetero) is 1. The summed E-state index contributed by atoms with van der Waals surface area (Å²) in [5.41, 5.74) is -1.29. The number of phenols is 1. The second-order valence-corrected chi connectivity index (χ2v) is 2.83. The molecule has 1 rings (SSSR count). The molecule has 1 N–H and O–H groups in total. The predicted octanol–water partition coefficient (Wildman–Crippen LogP) is 2.03. The van der Waals surface area contributed by atoms with E-state index >= 15 is 0 Å². The van der Waals surface area contributed by atoms with Crippen LogP contribution in [0.15, 0.2) is 12.1 Å². The highest BCUT2D eigenvalue weighted by atomic mass is 19.1. The van der Waals surface area contributed by atoms with E-state index < -0.39 is 33.5 Å². The molecule has 15 heavy (non-hydrogen) atoms. The molecule has 0 saturated heterocycles. The molecule has 0 spiro atoms. The minimum Gasteiger partial charge on any atom is -0.505 e. The van der Waals surface area contributed by atoms with Gasteiger partial charge < -0.3 is 5.11 Å². The van der Waals surface area contributed by atoms with Gasteiger partial charge in [-0.05, 0) is 6.07 Å². The first-order valence-corrected chi connectivity index (χ1v) is 4.18. The van der Waals surface area contributed by atoms with Crippen molar-refractivity contribution in [2.24, 2.45) is 0 Å². The quantitative estimate of drug-likeness (QED) is 0.473. The van der Waals surface area contributed by atoms with Crippen molar-refractivity contribution >= 4 is 11.5 Å². The summed E-state index contributed by atoms with van der Waals surface area (Å²) in [6.07, 6.45) is -0.0682. The SMILES string of the molecule is CCC(=O)c1c([N+](=O)[O-])ccc(O)c1F. The number of hydrogen-bond acceptors (Lipinski definition) is 4. The molecule has 0 aliphatic rings. The summed E-state index contributed by atoms with van der Waals surface area (Å²) in [7, 11) is 0. The average molecular weight is 213 g/mol. The Morgan fingerprint density at radius 1 is 1.60 bits per heavy atom. The van der Waals surface area contributed by atoms with Crippen LogP contribution in [-0.4, -0.2) is 15.8 Å². The Morgan fingerprint density at radius 3 is 2.67 bits per heavy atom. The molecule has 0 saturated carbocycles. The Kier molecular flexibility index (Phi) is 2.99. The third-order valence-corrected chi connectivity index (χ3v) is 1.90. The summed E-state index contributed by atoms with van der Waals surface area (Å²) in [4.78, 5) is 20.9. The number of phenolic OH excluding ortho intramolecular Hbond substituents is 1. The van der Waals surface area contributed by atoms with Crippen molar-refractivity contribution in [3.8, 4) is 5.75 Å². The maximum absolute atomic E-state index is 13.3. The molecule has 0 fully saturated rings. The van der Waals surface area contributed by atoms with Crippen molar-refractivity contribution in [1.29, 1.82) is 0 Å². The normalized spacial score (nSPS) is 10.0. The maximum atomic E-state index is 13.3. The molecule has 0 radical (unpaired) electrons. The van der Waals surface area contributed by atoms with Crippen LogP contribution in [-0.2, 0) is 0 Å². The zero-order chi connectivity index (χ0) is 11.6. The van der Waals surface area contributed by atoms with Crippen LogP contribution >= 0.6 is 0 Å². The van der Waals surface area contributed by atoms with Gasteiger partial charge in [-0.15, -0.1) is 0 Å². The van der Waals surface area contributed by atoms with Gasteiger partial charge in [-0.3, -0.25) is 14.9 Å². The number of carbonyl (C=O) groups is 1. The van der Waals surface area contributed by atoms with Crippen LogP contribution in [0.4, 0.5) is 10.1 Å². The lowest BCUT2D eigenvalue weighted by molar-refractivity contribution is -0.385. The van der Waals surface area contributed by atoms with E-state index in [4.69, 9.17) is 5.11 Å². The highest BCUT2D eigenvalue weighted by Crippen LogP contribution is 2.28. The number of nitro benzene ring substituents is 1. The average Bonchev–Trinajstić information content (AvgIpc) is 2.20. The van der Waals surface area contributed by atoms with E-state index in [2.05, 4.69) is 0 Å². The molecule has 6 heteroatoms. The fraction of sp³-hybridized carbons (Fsp3) is 0.222. The van der Waals surface area contributed by atoms with Crippen molar-refractivity contribution in [2.75, 3.05) is 0 Å². The zero-order valence-electron chi connectivity index (χ0n) is 7.86. The number of halogens is 1. The summed E-state index contributed by atoms with van der Waals surface area (Å²) in [6.45, 7) is 1.45. The van der Waals surface area contributed by atoms with Gasteiger partial charge in [0.15, 0.2) is 17.3 Å². The van der Waals surface area contributed by atoms with Gasteiger partial charge in [0.1, 0.15) is 5.56 Å². The van der Waals surface area contributed by atoms with Gasteiger partial charge in [-0.25, -0.2) is 4.39 Å². The van der Waals surface area contributed by atoms with Crippen LogP contribution in [0.3, 0.4) is 0 Å². The molecular formula is C9H8FNO4.